The third-order valence-electron chi connectivity index (χ3n) is 3.78. The Bertz CT molecular complexity index is 993. The highest BCUT2D eigenvalue weighted by Crippen LogP contribution is 2.29. The van der Waals surface area contributed by atoms with E-state index in [1.165, 1.54) is 0 Å². The van der Waals surface area contributed by atoms with E-state index in [0.29, 0.717) is 16.7 Å². The lowest BCUT2D eigenvalue weighted by molar-refractivity contribution is 0.529. The maximum absolute atomic E-state index is 5.93. The van der Waals surface area contributed by atoms with Crippen LogP contribution in [0.4, 0.5) is 0 Å². The summed E-state index contributed by atoms with van der Waals surface area (Å²) in [4.78, 5) is 5.48. The molecule has 0 aliphatic carbocycles. The van der Waals surface area contributed by atoms with Crippen molar-refractivity contribution in [3.8, 4) is 22.0 Å². The van der Waals surface area contributed by atoms with Crippen LogP contribution in [0.5, 0.6) is 0 Å². The highest BCUT2D eigenvalue weighted by Gasteiger charge is 2.15. The van der Waals surface area contributed by atoms with Crippen LogP contribution in [-0.4, -0.2) is 19.7 Å². The molecule has 26 heavy (non-hydrogen) atoms. The Kier molecular flexibility index (Phi) is 5.10. The lowest BCUT2D eigenvalue weighted by Crippen LogP contribution is -1.99. The molecule has 0 aliphatic heterocycles. The average Bonchev–Trinajstić information content (AvgIpc) is 3.40. The molecule has 8 heteroatoms. The Hall–Kier alpha value is -2.09. The predicted octanol–water partition coefficient (Wildman–Crippen LogP) is 5.63. The Morgan fingerprint density at radius 2 is 2.04 bits per heavy atom. The van der Waals surface area contributed by atoms with Crippen LogP contribution in [0.15, 0.2) is 57.5 Å². The summed E-state index contributed by atoms with van der Waals surface area (Å²) in [6.45, 7) is 2.90. The van der Waals surface area contributed by atoms with Gasteiger partial charge in [-0.05, 0) is 42.6 Å². The average molecular weight is 403 g/mol. The van der Waals surface area contributed by atoms with Gasteiger partial charge in [0.2, 0.25) is 5.89 Å². The second-order valence-electron chi connectivity index (χ2n) is 5.44. The molecule has 0 bridgehead atoms. The van der Waals surface area contributed by atoms with Gasteiger partial charge in [0.1, 0.15) is 0 Å². The second kappa shape index (κ2) is 7.65. The minimum atomic E-state index is 0.593. The molecule has 0 amide bonds. The van der Waals surface area contributed by atoms with Crippen molar-refractivity contribution in [3.05, 3.63) is 58.9 Å². The number of halogens is 1. The minimum absolute atomic E-state index is 0.593. The van der Waals surface area contributed by atoms with E-state index in [1.807, 2.05) is 35.7 Å². The van der Waals surface area contributed by atoms with E-state index in [-0.39, 0.29) is 0 Å². The van der Waals surface area contributed by atoms with Crippen molar-refractivity contribution in [3.63, 3.8) is 0 Å². The molecule has 3 heterocycles. The fourth-order valence-corrected chi connectivity index (χ4v) is 4.22. The van der Waals surface area contributed by atoms with Crippen molar-refractivity contribution in [1.29, 1.82) is 0 Å². The summed E-state index contributed by atoms with van der Waals surface area (Å²) in [6, 6.07) is 11.6. The van der Waals surface area contributed by atoms with Crippen LogP contribution in [0, 0.1) is 0 Å². The Balaban J connectivity index is 1.49. The van der Waals surface area contributed by atoms with E-state index in [4.69, 9.17) is 16.0 Å². The number of thiophene rings is 1. The number of hydrogen-bond acceptors (Lipinski definition) is 6. The molecule has 0 radical (unpaired) electrons. The molecule has 3 aromatic heterocycles. The number of nitrogens with zero attached hydrogens (tertiary/aromatic N) is 4. The van der Waals surface area contributed by atoms with Crippen LogP contribution in [0.2, 0.25) is 5.02 Å². The Morgan fingerprint density at radius 3 is 2.77 bits per heavy atom. The minimum Gasteiger partial charge on any atom is -0.440 e. The van der Waals surface area contributed by atoms with E-state index in [2.05, 4.69) is 32.7 Å². The molecule has 0 N–H and O–H groups in total. The fourth-order valence-electron chi connectivity index (χ4n) is 2.52. The SMILES string of the molecule is CCn1c(SCc2ncc(-c3ccc(Cl)cc3)o2)nnc1-c1cccs1. The first-order chi connectivity index (χ1) is 12.7. The van der Waals surface area contributed by atoms with E-state index in [9.17, 15) is 0 Å². The fraction of sp³-hybridized carbons (Fsp3) is 0.167. The second-order valence-corrected chi connectivity index (χ2v) is 7.77. The molecule has 1 aromatic carbocycles. The first-order valence-corrected chi connectivity index (χ1v) is 10.3. The highest BCUT2D eigenvalue weighted by molar-refractivity contribution is 7.98. The number of aromatic nitrogens is 4. The lowest BCUT2D eigenvalue weighted by Gasteiger charge is -2.04. The molecule has 0 saturated carbocycles. The first kappa shape index (κ1) is 17.3. The van der Waals surface area contributed by atoms with Crippen molar-refractivity contribution in [1.82, 2.24) is 19.7 Å². The molecule has 0 spiro atoms. The van der Waals surface area contributed by atoms with Crippen molar-refractivity contribution in [2.75, 3.05) is 0 Å². The van der Waals surface area contributed by atoms with E-state index in [0.717, 1.165) is 33.7 Å². The van der Waals surface area contributed by atoms with Gasteiger partial charge >= 0.3 is 0 Å². The Morgan fingerprint density at radius 1 is 1.19 bits per heavy atom. The van der Waals surface area contributed by atoms with Gasteiger partial charge < -0.3 is 8.98 Å². The van der Waals surface area contributed by atoms with Gasteiger partial charge in [-0.15, -0.1) is 21.5 Å². The third-order valence-corrected chi connectivity index (χ3v) is 5.85. The molecule has 5 nitrogen and oxygen atoms in total. The topological polar surface area (TPSA) is 56.7 Å². The summed E-state index contributed by atoms with van der Waals surface area (Å²) in [5, 5.41) is 12.3. The molecular weight excluding hydrogens is 388 g/mol. The van der Waals surface area contributed by atoms with Gasteiger partial charge in [-0.1, -0.05) is 29.4 Å². The zero-order chi connectivity index (χ0) is 17.9. The van der Waals surface area contributed by atoms with Gasteiger partial charge in [0.05, 0.1) is 16.8 Å². The molecule has 0 unspecified atom stereocenters. The quantitative estimate of drug-likeness (QED) is 0.391. The van der Waals surface area contributed by atoms with Crippen LogP contribution in [0.1, 0.15) is 12.8 Å². The number of benzene rings is 1. The molecular formula is C18H15ClN4OS2. The van der Waals surface area contributed by atoms with E-state index < -0.39 is 0 Å². The summed E-state index contributed by atoms with van der Waals surface area (Å²) in [5.74, 6) is 2.88. The zero-order valence-corrected chi connectivity index (χ0v) is 16.3. The predicted molar refractivity (Wildman–Crippen MR) is 106 cm³/mol. The number of thioether (sulfide) groups is 1. The van der Waals surface area contributed by atoms with Gasteiger partial charge in [0, 0.05) is 17.1 Å². The van der Waals surface area contributed by atoms with Crippen molar-refractivity contribution < 1.29 is 4.42 Å². The van der Waals surface area contributed by atoms with Gasteiger partial charge in [0.15, 0.2) is 16.7 Å². The van der Waals surface area contributed by atoms with E-state index >= 15 is 0 Å². The molecule has 0 aliphatic rings. The smallest absolute Gasteiger partial charge is 0.205 e. The number of rotatable bonds is 6. The zero-order valence-electron chi connectivity index (χ0n) is 13.9. The molecule has 0 atom stereocenters. The summed E-state index contributed by atoms with van der Waals surface area (Å²) < 4.78 is 7.96. The van der Waals surface area contributed by atoms with Crippen molar-refractivity contribution in [2.24, 2.45) is 0 Å². The molecule has 0 fully saturated rings. The summed E-state index contributed by atoms with van der Waals surface area (Å²) >= 11 is 9.16. The van der Waals surface area contributed by atoms with Gasteiger partial charge in [-0.25, -0.2) is 4.98 Å². The summed E-state index contributed by atoms with van der Waals surface area (Å²) in [6.07, 6.45) is 1.74. The van der Waals surface area contributed by atoms with Crippen LogP contribution in [-0.2, 0) is 12.3 Å². The van der Waals surface area contributed by atoms with Crippen molar-refractivity contribution >= 4 is 34.7 Å². The lowest BCUT2D eigenvalue weighted by atomic mass is 10.2. The molecule has 4 rings (SSSR count). The van der Waals surface area contributed by atoms with Crippen LogP contribution < -0.4 is 0 Å². The van der Waals surface area contributed by atoms with Gasteiger partial charge in [-0.3, -0.25) is 0 Å². The standard InChI is InChI=1S/C18H15ClN4OS2/c1-2-23-17(15-4-3-9-25-15)21-22-18(23)26-11-16-20-10-14(24-16)12-5-7-13(19)8-6-12/h3-10H,2,11H2,1H3. The maximum Gasteiger partial charge on any atom is 0.205 e. The Labute approximate surface area is 164 Å². The monoisotopic (exact) mass is 402 g/mol. The maximum atomic E-state index is 5.93. The number of oxazole rings is 1. The largest absolute Gasteiger partial charge is 0.440 e. The van der Waals surface area contributed by atoms with Crippen LogP contribution in [0.3, 0.4) is 0 Å². The van der Waals surface area contributed by atoms with Crippen LogP contribution in [0.25, 0.3) is 22.0 Å². The normalized spacial score (nSPS) is 11.2. The van der Waals surface area contributed by atoms with Gasteiger partial charge in [0.25, 0.3) is 0 Å². The van der Waals surface area contributed by atoms with E-state index in [1.54, 1.807) is 29.3 Å². The summed E-state index contributed by atoms with van der Waals surface area (Å²) in [5.41, 5.74) is 0.954. The molecule has 132 valence electrons. The first-order valence-electron chi connectivity index (χ1n) is 8.05. The molecule has 0 saturated heterocycles. The highest BCUT2D eigenvalue weighted by atomic mass is 35.5. The van der Waals surface area contributed by atoms with Gasteiger partial charge in [-0.2, -0.15) is 0 Å². The molecule has 4 aromatic rings. The van der Waals surface area contributed by atoms with Crippen molar-refractivity contribution in [2.45, 2.75) is 24.4 Å². The number of hydrogen-bond donors (Lipinski definition) is 0. The summed E-state index contributed by atoms with van der Waals surface area (Å²) in [7, 11) is 0. The van der Waals surface area contributed by atoms with Crippen LogP contribution >= 0.6 is 34.7 Å². The third kappa shape index (κ3) is 3.56.